The summed E-state index contributed by atoms with van der Waals surface area (Å²) in [6.45, 7) is 6.31. The van der Waals surface area contributed by atoms with E-state index in [1.807, 2.05) is 6.92 Å². The minimum Gasteiger partial charge on any atom is -0.465 e. The summed E-state index contributed by atoms with van der Waals surface area (Å²) in [6, 6.07) is 0.0135. The van der Waals surface area contributed by atoms with Gasteiger partial charge in [-0.3, -0.25) is 9.69 Å². The fraction of sp³-hybridized carbons (Fsp3) is 0.923. The zero-order valence-corrected chi connectivity index (χ0v) is 10.8. The fourth-order valence-electron chi connectivity index (χ4n) is 3.10. The summed E-state index contributed by atoms with van der Waals surface area (Å²) in [5.41, 5.74) is 0. The Bertz CT molecular complexity index is 246. The summed E-state index contributed by atoms with van der Waals surface area (Å²) in [5.74, 6) is 0.522. The number of carbonyl (C=O) groups excluding carboxylic acids is 1. The number of nitrogens with one attached hydrogen (secondary N) is 1. The van der Waals surface area contributed by atoms with Gasteiger partial charge in [-0.15, -0.1) is 0 Å². The number of rotatable bonds is 4. The molecule has 0 spiro atoms. The summed E-state index contributed by atoms with van der Waals surface area (Å²) < 4.78 is 5.27. The smallest absolute Gasteiger partial charge is 0.323 e. The van der Waals surface area contributed by atoms with Crippen LogP contribution in [0.25, 0.3) is 0 Å². The van der Waals surface area contributed by atoms with Gasteiger partial charge in [0.2, 0.25) is 0 Å². The van der Waals surface area contributed by atoms with Crippen molar-refractivity contribution >= 4 is 5.97 Å². The first kappa shape index (κ1) is 12.8. The average Bonchev–Trinajstić information content (AvgIpc) is 2.85. The number of nitrogens with zero attached hydrogens (tertiary/aromatic N) is 1. The van der Waals surface area contributed by atoms with Crippen molar-refractivity contribution < 1.29 is 9.53 Å². The standard InChI is InChI=1S/C13H24N2O2/c1-2-17-13(16)12(11-5-3-4-6-11)15-9-7-14-8-10-15/h11-12,14H,2-10H2,1H3. The zero-order valence-electron chi connectivity index (χ0n) is 10.8. The summed E-state index contributed by atoms with van der Waals surface area (Å²) in [7, 11) is 0. The van der Waals surface area contributed by atoms with E-state index < -0.39 is 0 Å². The topological polar surface area (TPSA) is 41.6 Å². The van der Waals surface area contributed by atoms with Crippen molar-refractivity contribution in [2.75, 3.05) is 32.8 Å². The number of ether oxygens (including phenoxy) is 1. The Morgan fingerprint density at radius 1 is 1.35 bits per heavy atom. The molecule has 0 bridgehead atoms. The molecule has 1 heterocycles. The maximum atomic E-state index is 12.1. The lowest BCUT2D eigenvalue weighted by Crippen LogP contribution is -2.54. The Kier molecular flexibility index (Phi) is 4.80. The van der Waals surface area contributed by atoms with E-state index in [2.05, 4.69) is 10.2 Å². The van der Waals surface area contributed by atoms with Crippen LogP contribution in [0.3, 0.4) is 0 Å². The van der Waals surface area contributed by atoms with E-state index in [9.17, 15) is 4.79 Å². The highest BCUT2D eigenvalue weighted by Gasteiger charge is 2.36. The van der Waals surface area contributed by atoms with Crippen LogP contribution in [0, 0.1) is 5.92 Å². The highest BCUT2D eigenvalue weighted by Crippen LogP contribution is 2.31. The second-order valence-electron chi connectivity index (χ2n) is 5.03. The van der Waals surface area contributed by atoms with Gasteiger partial charge in [0.1, 0.15) is 6.04 Å². The van der Waals surface area contributed by atoms with Gasteiger partial charge < -0.3 is 10.1 Å². The predicted molar refractivity (Wildman–Crippen MR) is 66.8 cm³/mol. The Morgan fingerprint density at radius 3 is 2.59 bits per heavy atom. The molecular weight excluding hydrogens is 216 g/mol. The SMILES string of the molecule is CCOC(=O)C(C1CCCC1)N1CCNCC1. The van der Waals surface area contributed by atoms with Gasteiger partial charge in [0.15, 0.2) is 0 Å². The maximum absolute atomic E-state index is 12.1. The lowest BCUT2D eigenvalue weighted by Gasteiger charge is -2.36. The van der Waals surface area contributed by atoms with Gasteiger partial charge in [0, 0.05) is 26.2 Å². The lowest BCUT2D eigenvalue weighted by molar-refractivity contribution is -0.152. The number of hydrogen-bond acceptors (Lipinski definition) is 4. The molecule has 1 atom stereocenters. The van der Waals surface area contributed by atoms with E-state index in [1.54, 1.807) is 0 Å². The molecule has 0 aromatic heterocycles. The van der Waals surface area contributed by atoms with Gasteiger partial charge in [-0.1, -0.05) is 12.8 Å². The normalized spacial score (nSPS) is 24.8. The molecule has 1 saturated carbocycles. The molecule has 1 aliphatic carbocycles. The minimum absolute atomic E-state index is 0.00120. The largest absolute Gasteiger partial charge is 0.465 e. The van der Waals surface area contributed by atoms with Crippen molar-refractivity contribution in [1.82, 2.24) is 10.2 Å². The van der Waals surface area contributed by atoms with Gasteiger partial charge in [-0.05, 0) is 25.7 Å². The van der Waals surface area contributed by atoms with Crippen molar-refractivity contribution in [3.8, 4) is 0 Å². The molecule has 1 aliphatic heterocycles. The third-order valence-electron chi connectivity index (χ3n) is 3.92. The van der Waals surface area contributed by atoms with E-state index in [-0.39, 0.29) is 12.0 Å². The molecular formula is C13H24N2O2. The highest BCUT2D eigenvalue weighted by atomic mass is 16.5. The molecule has 0 radical (unpaired) electrons. The first-order valence-electron chi connectivity index (χ1n) is 6.94. The molecule has 4 heteroatoms. The van der Waals surface area contributed by atoms with Crippen molar-refractivity contribution in [3.63, 3.8) is 0 Å². The van der Waals surface area contributed by atoms with Gasteiger partial charge >= 0.3 is 5.97 Å². The molecule has 0 aromatic carbocycles. The fourth-order valence-corrected chi connectivity index (χ4v) is 3.10. The molecule has 98 valence electrons. The average molecular weight is 240 g/mol. The first-order valence-corrected chi connectivity index (χ1v) is 6.94. The first-order chi connectivity index (χ1) is 8.33. The van der Waals surface area contributed by atoms with E-state index in [4.69, 9.17) is 4.74 Å². The Morgan fingerprint density at radius 2 is 2.00 bits per heavy atom. The third kappa shape index (κ3) is 3.19. The molecule has 1 saturated heterocycles. The van der Waals surface area contributed by atoms with Crippen molar-refractivity contribution in [2.45, 2.75) is 38.6 Å². The molecule has 4 nitrogen and oxygen atoms in total. The van der Waals surface area contributed by atoms with E-state index >= 15 is 0 Å². The maximum Gasteiger partial charge on any atom is 0.323 e. The molecule has 1 N–H and O–H groups in total. The molecule has 2 rings (SSSR count). The van der Waals surface area contributed by atoms with Crippen LogP contribution >= 0.6 is 0 Å². The number of piperazine rings is 1. The summed E-state index contributed by atoms with van der Waals surface area (Å²) in [5, 5.41) is 3.34. The van der Waals surface area contributed by atoms with Gasteiger partial charge in [0.05, 0.1) is 6.61 Å². The second kappa shape index (κ2) is 6.36. The van der Waals surface area contributed by atoms with Crippen molar-refractivity contribution in [1.29, 1.82) is 0 Å². The molecule has 17 heavy (non-hydrogen) atoms. The van der Waals surface area contributed by atoms with Crippen LogP contribution in [0.4, 0.5) is 0 Å². The Hall–Kier alpha value is -0.610. The lowest BCUT2D eigenvalue weighted by atomic mass is 9.96. The van der Waals surface area contributed by atoms with Gasteiger partial charge in [0.25, 0.3) is 0 Å². The quantitative estimate of drug-likeness (QED) is 0.745. The van der Waals surface area contributed by atoms with E-state index in [1.165, 1.54) is 25.7 Å². The number of esters is 1. The zero-order chi connectivity index (χ0) is 12.1. The van der Waals surface area contributed by atoms with Crippen LogP contribution in [-0.2, 0) is 9.53 Å². The predicted octanol–water partition coefficient (Wildman–Crippen LogP) is 1.01. The van der Waals surface area contributed by atoms with Crippen LogP contribution in [0.2, 0.25) is 0 Å². The molecule has 1 unspecified atom stereocenters. The second-order valence-corrected chi connectivity index (χ2v) is 5.03. The van der Waals surface area contributed by atoms with Crippen LogP contribution in [0.5, 0.6) is 0 Å². The van der Waals surface area contributed by atoms with Gasteiger partial charge in [-0.2, -0.15) is 0 Å². The summed E-state index contributed by atoms with van der Waals surface area (Å²) in [6.07, 6.45) is 4.92. The molecule has 2 fully saturated rings. The van der Waals surface area contributed by atoms with Crippen LogP contribution in [0.15, 0.2) is 0 Å². The summed E-state index contributed by atoms with van der Waals surface area (Å²) >= 11 is 0. The number of carbonyl (C=O) groups is 1. The molecule has 2 aliphatic rings. The van der Waals surface area contributed by atoms with E-state index in [0.717, 1.165) is 26.2 Å². The summed E-state index contributed by atoms with van der Waals surface area (Å²) in [4.78, 5) is 14.5. The Labute approximate surface area is 104 Å². The van der Waals surface area contributed by atoms with Crippen molar-refractivity contribution in [3.05, 3.63) is 0 Å². The van der Waals surface area contributed by atoms with Crippen LogP contribution < -0.4 is 5.32 Å². The monoisotopic (exact) mass is 240 g/mol. The van der Waals surface area contributed by atoms with Crippen molar-refractivity contribution in [2.24, 2.45) is 5.92 Å². The number of hydrogen-bond donors (Lipinski definition) is 1. The van der Waals surface area contributed by atoms with Crippen LogP contribution in [0.1, 0.15) is 32.6 Å². The molecule has 0 aromatic rings. The highest BCUT2D eigenvalue weighted by molar-refractivity contribution is 5.76. The minimum atomic E-state index is 0.00120. The van der Waals surface area contributed by atoms with E-state index in [0.29, 0.717) is 12.5 Å². The van der Waals surface area contributed by atoms with Gasteiger partial charge in [-0.25, -0.2) is 0 Å². The molecule has 0 amide bonds. The van der Waals surface area contributed by atoms with Crippen LogP contribution in [-0.4, -0.2) is 49.7 Å². The third-order valence-corrected chi connectivity index (χ3v) is 3.92. The Balaban J connectivity index is 2.01.